The maximum atomic E-state index is 5.44. The quantitative estimate of drug-likeness (QED) is 0.906. The zero-order chi connectivity index (χ0) is 11.4. The predicted molar refractivity (Wildman–Crippen MR) is 68.8 cm³/mol. The summed E-state index contributed by atoms with van der Waals surface area (Å²) in [5.41, 5.74) is 1.02. The number of aromatic nitrogens is 1. The van der Waals surface area contributed by atoms with E-state index < -0.39 is 0 Å². The van der Waals surface area contributed by atoms with E-state index in [1.807, 2.05) is 19.1 Å². The van der Waals surface area contributed by atoms with Crippen molar-refractivity contribution in [2.75, 3.05) is 18.5 Å². The van der Waals surface area contributed by atoms with Crippen molar-refractivity contribution in [2.24, 2.45) is 0 Å². The third-order valence-electron chi connectivity index (χ3n) is 2.83. The summed E-state index contributed by atoms with van der Waals surface area (Å²) in [6, 6.07) is 4.55. The van der Waals surface area contributed by atoms with Gasteiger partial charge in [0.2, 0.25) is 0 Å². The van der Waals surface area contributed by atoms with Crippen LogP contribution in [-0.2, 0) is 4.74 Å². The molecule has 4 heteroatoms. The fourth-order valence-corrected chi connectivity index (χ4v) is 2.10. The second-order valence-corrected chi connectivity index (χ2v) is 5.00. The van der Waals surface area contributed by atoms with Crippen molar-refractivity contribution in [2.45, 2.75) is 32.2 Å². The first kappa shape index (κ1) is 11.9. The van der Waals surface area contributed by atoms with Crippen molar-refractivity contribution in [3.05, 3.63) is 22.3 Å². The molecule has 0 radical (unpaired) electrons. The van der Waals surface area contributed by atoms with E-state index in [1.54, 1.807) is 0 Å². The number of pyridine rings is 1. The van der Waals surface area contributed by atoms with Gasteiger partial charge in [-0.1, -0.05) is 0 Å². The highest BCUT2D eigenvalue weighted by molar-refractivity contribution is 9.10. The fourth-order valence-electron chi connectivity index (χ4n) is 1.88. The molecule has 1 saturated heterocycles. The van der Waals surface area contributed by atoms with Gasteiger partial charge in [-0.2, -0.15) is 0 Å². The first-order valence-corrected chi connectivity index (χ1v) is 6.52. The Hall–Kier alpha value is -0.610. The maximum Gasteiger partial charge on any atom is 0.126 e. The van der Waals surface area contributed by atoms with E-state index in [1.165, 1.54) is 0 Å². The summed E-state index contributed by atoms with van der Waals surface area (Å²) in [7, 11) is 0. The first-order valence-electron chi connectivity index (χ1n) is 5.73. The van der Waals surface area contributed by atoms with Gasteiger partial charge in [-0.05, 0) is 54.2 Å². The van der Waals surface area contributed by atoms with Crippen LogP contribution in [0.3, 0.4) is 0 Å². The molecule has 88 valence electrons. The molecule has 2 heterocycles. The van der Waals surface area contributed by atoms with Crippen molar-refractivity contribution >= 4 is 21.7 Å². The third kappa shape index (κ3) is 3.19. The van der Waals surface area contributed by atoms with Gasteiger partial charge in [-0.25, -0.2) is 4.98 Å². The minimum atomic E-state index is 0.496. The van der Waals surface area contributed by atoms with Crippen molar-refractivity contribution in [1.82, 2.24) is 4.98 Å². The lowest BCUT2D eigenvalue weighted by atomic mass is 10.1. The molecule has 0 amide bonds. The number of rotatable bonds is 2. The highest BCUT2D eigenvalue weighted by Crippen LogP contribution is 2.18. The Morgan fingerprint density at radius 3 is 3.06 bits per heavy atom. The minimum absolute atomic E-state index is 0.496. The van der Waals surface area contributed by atoms with Gasteiger partial charge in [0.05, 0.1) is 5.69 Å². The van der Waals surface area contributed by atoms with Gasteiger partial charge in [0.1, 0.15) is 5.82 Å². The molecular formula is C12H17BrN2O. The van der Waals surface area contributed by atoms with Crippen LogP contribution in [0.4, 0.5) is 5.82 Å². The van der Waals surface area contributed by atoms with Crippen LogP contribution in [0, 0.1) is 6.92 Å². The van der Waals surface area contributed by atoms with Gasteiger partial charge in [-0.3, -0.25) is 0 Å². The van der Waals surface area contributed by atoms with Crippen LogP contribution in [0.2, 0.25) is 0 Å². The predicted octanol–water partition coefficient (Wildman–Crippen LogP) is 3.13. The molecule has 2 rings (SSSR count). The SMILES string of the molecule is Cc1nc(NC2CCCOCC2)ccc1Br. The van der Waals surface area contributed by atoms with Crippen molar-refractivity contribution < 1.29 is 4.74 Å². The first-order chi connectivity index (χ1) is 7.75. The van der Waals surface area contributed by atoms with E-state index in [0.717, 1.165) is 48.5 Å². The lowest BCUT2D eigenvalue weighted by Gasteiger charge is -2.16. The van der Waals surface area contributed by atoms with Crippen LogP contribution in [0.25, 0.3) is 0 Å². The number of anilines is 1. The topological polar surface area (TPSA) is 34.2 Å². The van der Waals surface area contributed by atoms with Crippen LogP contribution in [0.1, 0.15) is 25.0 Å². The number of nitrogens with one attached hydrogen (secondary N) is 1. The standard InChI is InChI=1S/C12H17BrN2O/c1-9-11(13)4-5-12(14-9)15-10-3-2-7-16-8-6-10/h4-5,10H,2-3,6-8H2,1H3,(H,14,15). The van der Waals surface area contributed by atoms with Crippen LogP contribution in [-0.4, -0.2) is 24.2 Å². The van der Waals surface area contributed by atoms with Crippen LogP contribution in [0.15, 0.2) is 16.6 Å². The molecule has 0 aliphatic carbocycles. The lowest BCUT2D eigenvalue weighted by Crippen LogP contribution is -2.20. The summed E-state index contributed by atoms with van der Waals surface area (Å²) in [6.45, 7) is 3.75. The zero-order valence-electron chi connectivity index (χ0n) is 9.50. The van der Waals surface area contributed by atoms with E-state index in [-0.39, 0.29) is 0 Å². The van der Waals surface area contributed by atoms with Gasteiger partial charge in [0, 0.05) is 23.7 Å². The molecular weight excluding hydrogens is 268 g/mol. The molecule has 16 heavy (non-hydrogen) atoms. The van der Waals surface area contributed by atoms with E-state index in [9.17, 15) is 0 Å². The highest BCUT2D eigenvalue weighted by atomic mass is 79.9. The van der Waals surface area contributed by atoms with Crippen LogP contribution < -0.4 is 5.32 Å². The number of hydrogen-bond acceptors (Lipinski definition) is 3. The molecule has 1 aromatic rings. The van der Waals surface area contributed by atoms with Gasteiger partial charge < -0.3 is 10.1 Å². The molecule has 1 atom stereocenters. The molecule has 1 aromatic heterocycles. The average molecular weight is 285 g/mol. The second-order valence-electron chi connectivity index (χ2n) is 4.15. The van der Waals surface area contributed by atoms with E-state index in [4.69, 9.17) is 4.74 Å². The van der Waals surface area contributed by atoms with E-state index >= 15 is 0 Å². The Kier molecular flexibility index (Phi) is 4.18. The van der Waals surface area contributed by atoms with Gasteiger partial charge in [-0.15, -0.1) is 0 Å². The number of hydrogen-bond donors (Lipinski definition) is 1. The van der Waals surface area contributed by atoms with Gasteiger partial charge >= 0.3 is 0 Å². The molecule has 1 unspecified atom stereocenters. The monoisotopic (exact) mass is 284 g/mol. The Bertz CT molecular complexity index is 349. The minimum Gasteiger partial charge on any atom is -0.381 e. The normalized spacial score (nSPS) is 21.5. The molecule has 3 nitrogen and oxygen atoms in total. The van der Waals surface area contributed by atoms with Crippen molar-refractivity contribution in [1.29, 1.82) is 0 Å². The van der Waals surface area contributed by atoms with Gasteiger partial charge in [0.15, 0.2) is 0 Å². The van der Waals surface area contributed by atoms with Crippen LogP contribution in [0.5, 0.6) is 0 Å². The van der Waals surface area contributed by atoms with Crippen molar-refractivity contribution in [3.63, 3.8) is 0 Å². The van der Waals surface area contributed by atoms with Crippen molar-refractivity contribution in [3.8, 4) is 0 Å². The Balaban J connectivity index is 1.99. The molecule has 0 spiro atoms. The van der Waals surface area contributed by atoms with Gasteiger partial charge in [0.25, 0.3) is 0 Å². The number of aryl methyl sites for hydroxylation is 1. The second kappa shape index (κ2) is 5.64. The zero-order valence-corrected chi connectivity index (χ0v) is 11.1. The summed E-state index contributed by atoms with van der Waals surface area (Å²) in [4.78, 5) is 4.50. The summed E-state index contributed by atoms with van der Waals surface area (Å²) >= 11 is 3.46. The van der Waals surface area contributed by atoms with E-state index in [2.05, 4.69) is 26.2 Å². The largest absolute Gasteiger partial charge is 0.381 e. The summed E-state index contributed by atoms with van der Waals surface area (Å²) in [5.74, 6) is 0.965. The lowest BCUT2D eigenvalue weighted by molar-refractivity contribution is 0.144. The molecule has 0 bridgehead atoms. The average Bonchev–Trinajstić information content (AvgIpc) is 2.52. The van der Waals surface area contributed by atoms with E-state index in [0.29, 0.717) is 6.04 Å². The number of ether oxygens (including phenoxy) is 1. The number of nitrogens with zero attached hydrogens (tertiary/aromatic N) is 1. The summed E-state index contributed by atoms with van der Waals surface area (Å²) < 4.78 is 6.49. The highest BCUT2D eigenvalue weighted by Gasteiger charge is 2.12. The third-order valence-corrected chi connectivity index (χ3v) is 3.66. The Labute approximate surface area is 105 Å². The Morgan fingerprint density at radius 2 is 2.25 bits per heavy atom. The molecule has 0 saturated carbocycles. The van der Waals surface area contributed by atoms with Crippen LogP contribution >= 0.6 is 15.9 Å². The fraction of sp³-hybridized carbons (Fsp3) is 0.583. The Morgan fingerprint density at radius 1 is 1.38 bits per heavy atom. The molecule has 1 N–H and O–H groups in total. The molecule has 1 fully saturated rings. The summed E-state index contributed by atoms with van der Waals surface area (Å²) in [6.07, 6.45) is 3.36. The number of halogens is 1. The molecule has 1 aliphatic rings. The smallest absolute Gasteiger partial charge is 0.126 e. The maximum absolute atomic E-state index is 5.44. The summed E-state index contributed by atoms with van der Waals surface area (Å²) in [5, 5.41) is 3.48. The molecule has 1 aliphatic heterocycles. The molecule has 0 aromatic carbocycles.